The van der Waals surface area contributed by atoms with E-state index in [2.05, 4.69) is 17.6 Å². The van der Waals surface area contributed by atoms with Crippen LogP contribution in [0, 0.1) is 5.82 Å². The third-order valence-electron chi connectivity index (χ3n) is 6.85. The number of rotatable bonds is 11. The Hall–Kier alpha value is -2.63. The van der Waals surface area contributed by atoms with Crippen molar-refractivity contribution in [2.24, 2.45) is 0 Å². The van der Waals surface area contributed by atoms with Crippen molar-refractivity contribution in [2.45, 2.75) is 97.3 Å². The quantitative estimate of drug-likeness (QED) is 0.420. The molecule has 1 fully saturated rings. The molecule has 0 atom stereocenters. The lowest BCUT2D eigenvalue weighted by atomic mass is 9.94. The van der Waals surface area contributed by atoms with Crippen LogP contribution in [0.4, 0.5) is 4.39 Å². The minimum absolute atomic E-state index is 0.0103. The number of benzene rings is 1. The molecule has 0 unspecified atom stereocenters. The number of aromatic nitrogens is 1. The highest BCUT2D eigenvalue weighted by atomic mass is 19.1. The van der Waals surface area contributed by atoms with Crippen molar-refractivity contribution < 1.29 is 14.0 Å². The van der Waals surface area contributed by atoms with Crippen LogP contribution in [-0.4, -0.2) is 44.8 Å². The highest BCUT2D eigenvalue weighted by molar-refractivity contribution is 5.85. The van der Waals surface area contributed by atoms with Gasteiger partial charge in [-0.2, -0.15) is 0 Å². The normalized spacial score (nSPS) is 14.4. The van der Waals surface area contributed by atoms with Crippen molar-refractivity contribution in [2.75, 3.05) is 6.54 Å². The van der Waals surface area contributed by atoms with Crippen LogP contribution >= 0.6 is 0 Å². The lowest BCUT2D eigenvalue weighted by Gasteiger charge is -2.37. The van der Waals surface area contributed by atoms with Crippen molar-refractivity contribution in [1.29, 1.82) is 0 Å². The predicted octanol–water partition coefficient (Wildman–Crippen LogP) is 5.76. The number of hydrogen-bond donors (Lipinski definition) is 0. The molecule has 1 aromatic heterocycles. The van der Waals surface area contributed by atoms with Gasteiger partial charge in [0.15, 0.2) is 0 Å². The van der Waals surface area contributed by atoms with E-state index in [1.165, 1.54) is 18.6 Å². The molecule has 1 heterocycles. The van der Waals surface area contributed by atoms with Crippen LogP contribution in [-0.2, 0) is 22.7 Å². The van der Waals surface area contributed by atoms with Gasteiger partial charge in [-0.3, -0.25) is 9.59 Å². The third kappa shape index (κ3) is 7.18. The zero-order valence-corrected chi connectivity index (χ0v) is 21.0. The van der Waals surface area contributed by atoms with Crippen LogP contribution in [0.5, 0.6) is 0 Å². The maximum atomic E-state index is 13.7. The molecule has 1 aliphatic rings. The van der Waals surface area contributed by atoms with Gasteiger partial charge in [-0.15, -0.1) is 0 Å². The first-order chi connectivity index (χ1) is 16.4. The highest BCUT2D eigenvalue weighted by Gasteiger charge is 2.29. The molecule has 2 aromatic rings. The zero-order valence-electron chi connectivity index (χ0n) is 21.0. The maximum Gasteiger partial charge on any atom is 0.242 e. The molecule has 0 radical (unpaired) electrons. The molecule has 1 saturated carbocycles. The lowest BCUT2D eigenvalue weighted by molar-refractivity contribution is -0.144. The number of carbonyl (C=O) groups excluding carboxylic acids is 2. The van der Waals surface area contributed by atoms with Gasteiger partial charge in [0.1, 0.15) is 5.82 Å². The first-order valence-electron chi connectivity index (χ1n) is 12.9. The van der Waals surface area contributed by atoms with Gasteiger partial charge in [-0.25, -0.2) is 4.39 Å². The number of hydrogen-bond acceptors (Lipinski definition) is 2. The average molecular weight is 470 g/mol. The molecule has 6 heteroatoms. The Bertz CT molecular complexity index is 916. The summed E-state index contributed by atoms with van der Waals surface area (Å²) in [6.07, 6.45) is 9.81. The minimum atomic E-state index is -0.242. The third-order valence-corrected chi connectivity index (χ3v) is 6.85. The molecule has 5 nitrogen and oxygen atoms in total. The van der Waals surface area contributed by atoms with Crippen LogP contribution < -0.4 is 0 Å². The molecule has 1 aliphatic carbocycles. The van der Waals surface area contributed by atoms with Crippen LogP contribution in [0.1, 0.15) is 83.4 Å². The molecular formula is C28H40FN3O2. The van der Waals surface area contributed by atoms with Gasteiger partial charge >= 0.3 is 0 Å². The first kappa shape index (κ1) is 26.0. The second-order valence-corrected chi connectivity index (χ2v) is 9.79. The predicted molar refractivity (Wildman–Crippen MR) is 134 cm³/mol. The molecule has 0 saturated heterocycles. The largest absolute Gasteiger partial charge is 0.345 e. The molecule has 0 N–H and O–H groups in total. The van der Waals surface area contributed by atoms with E-state index in [0.717, 1.165) is 49.8 Å². The second-order valence-electron chi connectivity index (χ2n) is 9.79. The second kappa shape index (κ2) is 12.7. The molecular weight excluding hydrogens is 429 g/mol. The lowest BCUT2D eigenvalue weighted by Crippen LogP contribution is -2.49. The fraction of sp³-hybridized carbons (Fsp3) is 0.571. The van der Waals surface area contributed by atoms with Crippen molar-refractivity contribution in [3.8, 4) is 0 Å². The summed E-state index contributed by atoms with van der Waals surface area (Å²) in [6, 6.07) is 10.8. The summed E-state index contributed by atoms with van der Waals surface area (Å²) in [5.74, 6) is -0.151. The summed E-state index contributed by atoms with van der Waals surface area (Å²) in [5, 5.41) is 0. The Balaban J connectivity index is 1.77. The Kier molecular flexibility index (Phi) is 9.73. The number of amides is 2. The number of nitrogens with zero attached hydrogens (tertiary/aromatic N) is 3. The van der Waals surface area contributed by atoms with Gasteiger partial charge in [0, 0.05) is 36.9 Å². The Morgan fingerprint density at radius 2 is 1.76 bits per heavy atom. The maximum absolute atomic E-state index is 13.7. The van der Waals surface area contributed by atoms with Gasteiger partial charge in [-0.05, 0) is 62.9 Å². The van der Waals surface area contributed by atoms with Crippen LogP contribution in [0.15, 0.2) is 42.6 Å². The van der Waals surface area contributed by atoms with Crippen molar-refractivity contribution in [3.05, 3.63) is 59.7 Å². The molecule has 1 aromatic carbocycles. The number of unbranched alkanes of at least 4 members (excludes halogenated alkanes) is 1. The molecule has 0 bridgehead atoms. The summed E-state index contributed by atoms with van der Waals surface area (Å²) in [5.41, 5.74) is 2.07. The zero-order chi connectivity index (χ0) is 24.5. The van der Waals surface area contributed by atoms with E-state index in [4.69, 9.17) is 0 Å². The number of carbonyl (C=O) groups is 2. The van der Waals surface area contributed by atoms with Crippen LogP contribution in [0.25, 0.3) is 0 Å². The van der Waals surface area contributed by atoms with E-state index >= 15 is 0 Å². The Labute approximate surface area is 203 Å². The van der Waals surface area contributed by atoms with E-state index in [1.54, 1.807) is 17.0 Å². The summed E-state index contributed by atoms with van der Waals surface area (Å²) in [4.78, 5) is 30.2. The van der Waals surface area contributed by atoms with Gasteiger partial charge < -0.3 is 14.4 Å². The highest BCUT2D eigenvalue weighted by Crippen LogP contribution is 2.25. The topological polar surface area (TPSA) is 45.6 Å². The van der Waals surface area contributed by atoms with E-state index < -0.39 is 0 Å². The summed E-state index contributed by atoms with van der Waals surface area (Å²) in [6.45, 7) is 7.32. The summed E-state index contributed by atoms with van der Waals surface area (Å²) < 4.78 is 15.4. The fourth-order valence-electron chi connectivity index (χ4n) is 4.79. The van der Waals surface area contributed by atoms with Crippen LogP contribution in [0.2, 0.25) is 0 Å². The van der Waals surface area contributed by atoms with Crippen molar-refractivity contribution in [3.63, 3.8) is 0 Å². The monoisotopic (exact) mass is 469 g/mol. The van der Waals surface area contributed by atoms with E-state index in [9.17, 15) is 14.0 Å². The van der Waals surface area contributed by atoms with Gasteiger partial charge in [0.2, 0.25) is 11.8 Å². The SMILES string of the molecule is CCCCC(=O)N(CC(=O)N(Cc1cccn1Cc1ccc(F)cc1)C1CCCCC1)C(C)C. The Morgan fingerprint density at radius 1 is 1.06 bits per heavy atom. The Morgan fingerprint density at radius 3 is 2.41 bits per heavy atom. The van der Waals surface area contributed by atoms with E-state index in [1.807, 2.05) is 31.0 Å². The number of halogens is 1. The van der Waals surface area contributed by atoms with Gasteiger partial charge in [-0.1, -0.05) is 44.7 Å². The van der Waals surface area contributed by atoms with Crippen LogP contribution in [0.3, 0.4) is 0 Å². The summed E-state index contributed by atoms with van der Waals surface area (Å²) in [7, 11) is 0. The molecule has 0 spiro atoms. The molecule has 3 rings (SSSR count). The molecule has 2 amide bonds. The van der Waals surface area contributed by atoms with E-state index in [-0.39, 0.29) is 36.3 Å². The molecule has 0 aliphatic heterocycles. The fourth-order valence-corrected chi connectivity index (χ4v) is 4.79. The van der Waals surface area contributed by atoms with Crippen molar-refractivity contribution >= 4 is 11.8 Å². The molecule has 34 heavy (non-hydrogen) atoms. The first-order valence-corrected chi connectivity index (χ1v) is 12.9. The smallest absolute Gasteiger partial charge is 0.242 e. The van der Waals surface area contributed by atoms with E-state index in [0.29, 0.717) is 19.5 Å². The molecule has 186 valence electrons. The van der Waals surface area contributed by atoms with Gasteiger partial charge in [0.25, 0.3) is 0 Å². The summed E-state index contributed by atoms with van der Waals surface area (Å²) >= 11 is 0. The van der Waals surface area contributed by atoms with Crippen molar-refractivity contribution in [1.82, 2.24) is 14.4 Å². The average Bonchev–Trinajstić information content (AvgIpc) is 3.27. The minimum Gasteiger partial charge on any atom is -0.345 e. The van der Waals surface area contributed by atoms with Gasteiger partial charge in [0.05, 0.1) is 13.1 Å². The standard InChI is InChI=1S/C28H40FN3O2/c1-4-5-13-27(33)31(22(2)3)21-28(34)32(25-10-7-6-8-11-25)20-26-12-9-18-30(26)19-23-14-16-24(29)17-15-23/h9,12,14-18,22,25H,4-8,10-11,13,19-21H2,1-3H3.